The summed E-state index contributed by atoms with van der Waals surface area (Å²) in [4.78, 5) is 26.0. The number of hydrogen-bond acceptors (Lipinski definition) is 6. The van der Waals surface area contributed by atoms with Crippen molar-refractivity contribution in [2.75, 3.05) is 28.4 Å². The molecule has 1 N–H and O–H groups in total. The molecular formula is C32H45NO6. The molecule has 2 aromatic carbocycles. The first-order valence-corrected chi connectivity index (χ1v) is 14.3. The zero-order valence-corrected chi connectivity index (χ0v) is 24.3. The number of fused-ring (bicyclic) bond motifs is 3. The van der Waals surface area contributed by atoms with E-state index in [-0.39, 0.29) is 23.1 Å². The minimum atomic E-state index is -0.329. The molecule has 0 aromatic heterocycles. The Hall–Kier alpha value is -3.22. The van der Waals surface area contributed by atoms with Gasteiger partial charge in [-0.15, -0.1) is 0 Å². The fraction of sp³-hybridized carbons (Fsp3) is 0.562. The van der Waals surface area contributed by atoms with Gasteiger partial charge in [0.05, 0.1) is 34.5 Å². The van der Waals surface area contributed by atoms with Crippen LogP contribution in [0, 0.1) is 0 Å². The average molecular weight is 540 g/mol. The molecule has 39 heavy (non-hydrogen) atoms. The van der Waals surface area contributed by atoms with Gasteiger partial charge in [-0.25, -0.2) is 0 Å². The molecule has 214 valence electrons. The van der Waals surface area contributed by atoms with Crippen LogP contribution in [0.2, 0.25) is 0 Å². The fourth-order valence-corrected chi connectivity index (χ4v) is 5.48. The van der Waals surface area contributed by atoms with Gasteiger partial charge in [0, 0.05) is 12.0 Å². The third-order valence-electron chi connectivity index (χ3n) is 7.56. The Labute approximate surface area is 233 Å². The van der Waals surface area contributed by atoms with Crippen LogP contribution in [0.1, 0.15) is 94.7 Å². The Balaban J connectivity index is 1.83. The van der Waals surface area contributed by atoms with Crippen LogP contribution in [0.3, 0.4) is 0 Å². The molecule has 7 nitrogen and oxygen atoms in total. The molecule has 0 heterocycles. The Morgan fingerprint density at radius 2 is 1.46 bits per heavy atom. The molecule has 1 aliphatic rings. The van der Waals surface area contributed by atoms with Gasteiger partial charge in [0.2, 0.25) is 17.1 Å². The van der Waals surface area contributed by atoms with Crippen molar-refractivity contribution in [2.24, 2.45) is 0 Å². The van der Waals surface area contributed by atoms with Crippen LogP contribution in [-0.4, -0.2) is 34.3 Å². The van der Waals surface area contributed by atoms with Crippen molar-refractivity contribution in [1.29, 1.82) is 0 Å². The zero-order valence-electron chi connectivity index (χ0n) is 24.3. The largest absolute Gasteiger partial charge is 0.493 e. The molecule has 0 saturated heterocycles. The molecule has 0 fully saturated rings. The molecule has 1 aliphatic carbocycles. The second kappa shape index (κ2) is 15.4. The highest BCUT2D eigenvalue weighted by Gasteiger charge is 2.29. The van der Waals surface area contributed by atoms with E-state index >= 15 is 0 Å². The van der Waals surface area contributed by atoms with Crippen LogP contribution in [0.4, 0.5) is 0 Å². The predicted octanol–water partition coefficient (Wildman–Crippen LogP) is 6.77. The summed E-state index contributed by atoms with van der Waals surface area (Å²) >= 11 is 0. The van der Waals surface area contributed by atoms with Gasteiger partial charge in [0.25, 0.3) is 0 Å². The summed E-state index contributed by atoms with van der Waals surface area (Å²) in [6, 6.07) is 6.75. The molecule has 0 bridgehead atoms. The minimum Gasteiger partial charge on any atom is -0.493 e. The molecule has 0 spiro atoms. The minimum absolute atomic E-state index is 0.00731. The number of carbonyl (C=O) groups excluding carboxylic acids is 1. The van der Waals surface area contributed by atoms with Gasteiger partial charge in [-0.05, 0) is 54.2 Å². The van der Waals surface area contributed by atoms with Crippen molar-refractivity contribution in [3.8, 4) is 34.1 Å². The van der Waals surface area contributed by atoms with Crippen LogP contribution in [0.5, 0.6) is 23.0 Å². The lowest BCUT2D eigenvalue weighted by Crippen LogP contribution is -2.28. The average Bonchev–Trinajstić information content (AvgIpc) is 3.19. The Bertz CT molecular complexity index is 1160. The molecule has 1 atom stereocenters. The number of carbonyl (C=O) groups is 1. The number of unbranched alkanes of at least 4 members (excludes halogenated alkanes) is 8. The van der Waals surface area contributed by atoms with Crippen molar-refractivity contribution >= 4 is 5.91 Å². The summed E-state index contributed by atoms with van der Waals surface area (Å²) in [5.41, 5.74) is 3.14. The predicted molar refractivity (Wildman–Crippen MR) is 155 cm³/mol. The third-order valence-corrected chi connectivity index (χ3v) is 7.56. The molecule has 2 aromatic rings. The van der Waals surface area contributed by atoms with Crippen molar-refractivity contribution < 1.29 is 23.7 Å². The van der Waals surface area contributed by atoms with Gasteiger partial charge in [-0.1, -0.05) is 64.4 Å². The lowest BCUT2D eigenvalue weighted by molar-refractivity contribution is -0.122. The maximum Gasteiger partial charge on any atom is 0.220 e. The Morgan fingerprint density at radius 1 is 0.821 bits per heavy atom. The molecule has 0 radical (unpaired) electrons. The number of benzene rings is 1. The van der Waals surface area contributed by atoms with E-state index in [0.29, 0.717) is 36.5 Å². The molecule has 3 rings (SSSR count). The van der Waals surface area contributed by atoms with Crippen molar-refractivity contribution in [3.63, 3.8) is 0 Å². The molecule has 0 aliphatic heterocycles. The van der Waals surface area contributed by atoms with E-state index in [9.17, 15) is 9.59 Å². The van der Waals surface area contributed by atoms with E-state index in [1.807, 2.05) is 12.1 Å². The topological polar surface area (TPSA) is 83.1 Å². The number of amides is 1. The van der Waals surface area contributed by atoms with E-state index < -0.39 is 0 Å². The molecule has 1 amide bonds. The van der Waals surface area contributed by atoms with Gasteiger partial charge >= 0.3 is 0 Å². The van der Waals surface area contributed by atoms with Gasteiger partial charge in [0.15, 0.2) is 17.2 Å². The third kappa shape index (κ3) is 7.68. The first-order valence-electron chi connectivity index (χ1n) is 14.3. The van der Waals surface area contributed by atoms with Gasteiger partial charge in [-0.3, -0.25) is 9.59 Å². The van der Waals surface area contributed by atoms with E-state index in [0.717, 1.165) is 35.1 Å². The molecule has 0 saturated carbocycles. The second-order valence-electron chi connectivity index (χ2n) is 10.2. The lowest BCUT2D eigenvalue weighted by Gasteiger charge is -2.20. The number of rotatable bonds is 15. The van der Waals surface area contributed by atoms with E-state index in [4.69, 9.17) is 18.9 Å². The van der Waals surface area contributed by atoms with E-state index in [1.165, 1.54) is 52.1 Å². The summed E-state index contributed by atoms with van der Waals surface area (Å²) in [5.74, 6) is 1.84. The van der Waals surface area contributed by atoms with Crippen molar-refractivity contribution in [3.05, 3.63) is 45.6 Å². The number of aryl methyl sites for hydroxylation is 1. The van der Waals surface area contributed by atoms with Gasteiger partial charge < -0.3 is 24.3 Å². The van der Waals surface area contributed by atoms with E-state index in [1.54, 1.807) is 33.5 Å². The molecular weight excluding hydrogens is 494 g/mol. The zero-order chi connectivity index (χ0) is 28.2. The first-order chi connectivity index (χ1) is 19.0. The number of hydrogen-bond donors (Lipinski definition) is 1. The lowest BCUT2D eigenvalue weighted by atomic mass is 9.95. The van der Waals surface area contributed by atoms with Crippen molar-refractivity contribution in [1.82, 2.24) is 5.32 Å². The molecule has 0 unspecified atom stereocenters. The second-order valence-corrected chi connectivity index (χ2v) is 10.2. The van der Waals surface area contributed by atoms with Crippen LogP contribution < -0.4 is 29.7 Å². The summed E-state index contributed by atoms with van der Waals surface area (Å²) in [6.07, 6.45) is 12.6. The monoisotopic (exact) mass is 539 g/mol. The van der Waals surface area contributed by atoms with Crippen LogP contribution >= 0.6 is 0 Å². The highest BCUT2D eigenvalue weighted by Crippen LogP contribution is 2.50. The first kappa shape index (κ1) is 30.3. The molecule has 7 heteroatoms. The Kier molecular flexibility index (Phi) is 12.0. The quantitative estimate of drug-likeness (QED) is 0.251. The number of nitrogens with one attached hydrogen (secondary N) is 1. The number of ether oxygens (including phenoxy) is 4. The van der Waals surface area contributed by atoms with Gasteiger partial charge in [0.1, 0.15) is 0 Å². The highest BCUT2D eigenvalue weighted by molar-refractivity contribution is 5.83. The summed E-state index contributed by atoms with van der Waals surface area (Å²) in [7, 11) is 6.24. The van der Waals surface area contributed by atoms with Crippen LogP contribution in [0.25, 0.3) is 11.1 Å². The highest BCUT2D eigenvalue weighted by atomic mass is 16.5. The summed E-state index contributed by atoms with van der Waals surface area (Å²) in [5, 5.41) is 3.23. The van der Waals surface area contributed by atoms with Crippen LogP contribution in [-0.2, 0) is 11.2 Å². The SMILES string of the molecule is CCCCCCCCCCCC(=O)N[C@H]1CCc2cc(OC)c(OC)c(OC)c2-c2ccc(OC)c(=O)cc21. The number of methoxy groups -OCH3 is 4. The normalized spacial score (nSPS) is 14.0. The fourth-order valence-electron chi connectivity index (χ4n) is 5.48. The Morgan fingerprint density at radius 3 is 2.08 bits per heavy atom. The maximum atomic E-state index is 13.0. The maximum absolute atomic E-state index is 13.0. The summed E-state index contributed by atoms with van der Waals surface area (Å²) < 4.78 is 22.4. The van der Waals surface area contributed by atoms with E-state index in [2.05, 4.69) is 12.2 Å². The summed E-state index contributed by atoms with van der Waals surface area (Å²) in [6.45, 7) is 2.24. The smallest absolute Gasteiger partial charge is 0.220 e. The van der Waals surface area contributed by atoms with Crippen molar-refractivity contribution in [2.45, 2.75) is 90.0 Å². The van der Waals surface area contributed by atoms with Crippen LogP contribution in [0.15, 0.2) is 29.1 Å². The standard InChI is InChI=1S/C32H45NO6/c1-6-7-8-9-10-11-12-13-14-15-29(35)33-25-18-16-22-20-28(37-3)31(38-4)32(39-5)30(22)23-17-19-27(36-2)26(34)21-24(23)25/h17,19-21,25H,6-16,18H2,1-5H3,(H,33,35)/t25-/m0/s1. The van der Waals surface area contributed by atoms with Gasteiger partial charge in [-0.2, -0.15) is 0 Å².